The highest BCUT2D eigenvalue weighted by molar-refractivity contribution is 5.88. The van der Waals surface area contributed by atoms with Gasteiger partial charge in [0.1, 0.15) is 5.60 Å². The predicted octanol–water partition coefficient (Wildman–Crippen LogP) is 2.37. The summed E-state index contributed by atoms with van der Waals surface area (Å²) in [5.41, 5.74) is 0.140. The zero-order valence-electron chi connectivity index (χ0n) is 14.4. The summed E-state index contributed by atoms with van der Waals surface area (Å²) in [7, 11) is 1.45. The van der Waals surface area contributed by atoms with Crippen LogP contribution in [0.4, 0.5) is 4.79 Å². The number of rotatable bonds is 2. The molecule has 3 aromatic rings. The van der Waals surface area contributed by atoms with E-state index in [1.165, 1.54) is 24.1 Å². The number of imidazole rings is 1. The van der Waals surface area contributed by atoms with Crippen molar-refractivity contribution in [2.45, 2.75) is 26.4 Å². The fraction of sp³-hybridized carbons (Fsp3) is 0.294. The molecule has 0 saturated heterocycles. The van der Waals surface area contributed by atoms with Crippen molar-refractivity contribution in [1.29, 1.82) is 0 Å². The van der Waals surface area contributed by atoms with Crippen LogP contribution in [0.15, 0.2) is 41.5 Å². The van der Waals surface area contributed by atoms with Crippen molar-refractivity contribution in [3.8, 4) is 11.7 Å². The summed E-state index contributed by atoms with van der Waals surface area (Å²) >= 11 is 0. The number of hydrogen-bond acceptors (Lipinski definition) is 6. The van der Waals surface area contributed by atoms with Crippen LogP contribution in [0.2, 0.25) is 0 Å². The third-order valence-electron chi connectivity index (χ3n) is 3.38. The second kappa shape index (κ2) is 6.04. The van der Waals surface area contributed by atoms with Gasteiger partial charge in [0.2, 0.25) is 0 Å². The molecule has 0 amide bonds. The first kappa shape index (κ1) is 16.7. The maximum atomic E-state index is 12.9. The normalized spacial score (nSPS) is 11.5. The molecule has 2 aromatic heterocycles. The minimum Gasteiger partial charge on any atom is -0.467 e. The fourth-order valence-corrected chi connectivity index (χ4v) is 2.41. The first-order valence-electron chi connectivity index (χ1n) is 7.64. The maximum absolute atomic E-state index is 12.9. The van der Waals surface area contributed by atoms with E-state index in [1.54, 1.807) is 45.0 Å². The lowest BCUT2D eigenvalue weighted by molar-refractivity contribution is 0.0538. The molecule has 0 spiro atoms. The van der Waals surface area contributed by atoms with E-state index in [4.69, 9.17) is 9.47 Å². The number of methoxy groups -OCH3 is 1. The van der Waals surface area contributed by atoms with Crippen molar-refractivity contribution in [3.05, 3.63) is 47.1 Å². The molecule has 130 valence electrons. The van der Waals surface area contributed by atoms with Crippen molar-refractivity contribution in [2.75, 3.05) is 7.11 Å². The minimum atomic E-state index is -0.734. The van der Waals surface area contributed by atoms with Crippen LogP contribution in [0, 0.1) is 0 Å². The van der Waals surface area contributed by atoms with E-state index in [9.17, 15) is 9.59 Å². The maximum Gasteiger partial charge on any atom is 0.423 e. The smallest absolute Gasteiger partial charge is 0.423 e. The van der Waals surface area contributed by atoms with Crippen LogP contribution in [0.3, 0.4) is 0 Å². The van der Waals surface area contributed by atoms with Gasteiger partial charge in [-0.2, -0.15) is 4.57 Å². The van der Waals surface area contributed by atoms with Gasteiger partial charge in [0, 0.05) is 0 Å². The Bertz CT molecular complexity index is 981. The zero-order valence-corrected chi connectivity index (χ0v) is 14.4. The van der Waals surface area contributed by atoms with Gasteiger partial charge in [-0.3, -0.25) is 4.57 Å². The number of nitrogens with zero attached hydrogens (tertiary/aromatic N) is 4. The average Bonchev–Trinajstić information content (AvgIpc) is 2.85. The van der Waals surface area contributed by atoms with Gasteiger partial charge in [-0.15, -0.1) is 0 Å². The molecular formula is C17H18N4O4. The number of hydrogen-bond donors (Lipinski definition) is 0. The lowest BCUT2D eigenvalue weighted by Crippen LogP contribution is -2.34. The van der Waals surface area contributed by atoms with E-state index < -0.39 is 17.4 Å². The third-order valence-corrected chi connectivity index (χ3v) is 3.38. The van der Waals surface area contributed by atoms with Gasteiger partial charge in [-0.1, -0.05) is 12.1 Å². The number of ether oxygens (including phenoxy) is 2. The average molecular weight is 342 g/mol. The van der Waals surface area contributed by atoms with Crippen LogP contribution < -0.4 is 10.4 Å². The molecule has 0 fully saturated rings. The van der Waals surface area contributed by atoms with Crippen molar-refractivity contribution < 1.29 is 14.3 Å². The number of carbonyl (C=O) groups is 1. The van der Waals surface area contributed by atoms with Gasteiger partial charge < -0.3 is 9.47 Å². The highest BCUT2D eigenvalue weighted by Gasteiger charge is 2.24. The molecule has 0 aliphatic carbocycles. The van der Waals surface area contributed by atoms with E-state index in [1.807, 2.05) is 0 Å². The Morgan fingerprint density at radius 1 is 1.08 bits per heavy atom. The molecule has 0 radical (unpaired) electrons. The van der Waals surface area contributed by atoms with E-state index in [0.29, 0.717) is 16.7 Å². The molecule has 1 aromatic carbocycles. The molecule has 0 atom stereocenters. The monoisotopic (exact) mass is 342 g/mol. The molecule has 25 heavy (non-hydrogen) atoms. The first-order valence-corrected chi connectivity index (χ1v) is 7.64. The summed E-state index contributed by atoms with van der Waals surface area (Å²) < 4.78 is 12.7. The number of para-hydroxylation sites is 2. The van der Waals surface area contributed by atoms with Crippen molar-refractivity contribution in [3.63, 3.8) is 0 Å². The number of fused-ring (bicyclic) bond motifs is 1. The van der Waals surface area contributed by atoms with Crippen LogP contribution in [0.5, 0.6) is 6.01 Å². The largest absolute Gasteiger partial charge is 0.467 e. The number of carbonyl (C=O) groups excluding carboxylic acids is 1. The molecule has 8 nitrogen and oxygen atoms in total. The van der Waals surface area contributed by atoms with Crippen LogP contribution >= 0.6 is 0 Å². The first-order chi connectivity index (χ1) is 11.8. The zero-order chi connectivity index (χ0) is 18.2. The Morgan fingerprint density at radius 2 is 1.68 bits per heavy atom. The Labute approximate surface area is 143 Å². The second-order valence-electron chi connectivity index (χ2n) is 6.35. The van der Waals surface area contributed by atoms with Gasteiger partial charge in [0.25, 0.3) is 0 Å². The lowest BCUT2D eigenvalue weighted by atomic mass is 10.2. The molecule has 0 unspecified atom stereocenters. The summed E-state index contributed by atoms with van der Waals surface area (Å²) in [6.07, 6.45) is 2.18. The molecule has 0 aliphatic heterocycles. The molecule has 0 saturated carbocycles. The van der Waals surface area contributed by atoms with Gasteiger partial charge in [0.15, 0.2) is 0 Å². The molecule has 0 aliphatic rings. The van der Waals surface area contributed by atoms with Gasteiger partial charge in [0.05, 0.1) is 36.2 Å². The fourth-order valence-electron chi connectivity index (χ4n) is 2.41. The van der Waals surface area contributed by atoms with Gasteiger partial charge in [-0.05, 0) is 32.9 Å². The molecule has 2 heterocycles. The summed E-state index contributed by atoms with van der Waals surface area (Å²) in [6, 6.07) is 7.14. The number of aromatic nitrogens is 4. The Morgan fingerprint density at radius 3 is 2.24 bits per heavy atom. The second-order valence-corrected chi connectivity index (χ2v) is 6.35. The topological polar surface area (TPSA) is 88.2 Å². The van der Waals surface area contributed by atoms with Crippen LogP contribution in [0.1, 0.15) is 20.8 Å². The Balaban J connectivity index is 2.22. The SMILES string of the molecule is COc1ncc(-n2c(=O)n(C(=O)OC(C)(C)C)c3ccccc32)cn1. The highest BCUT2D eigenvalue weighted by Crippen LogP contribution is 2.19. The van der Waals surface area contributed by atoms with E-state index >= 15 is 0 Å². The van der Waals surface area contributed by atoms with Crippen LogP contribution in [-0.2, 0) is 4.74 Å². The van der Waals surface area contributed by atoms with Crippen molar-refractivity contribution in [2.24, 2.45) is 0 Å². The minimum absolute atomic E-state index is 0.188. The summed E-state index contributed by atoms with van der Waals surface area (Å²) in [6.45, 7) is 5.23. The molecular weight excluding hydrogens is 324 g/mol. The van der Waals surface area contributed by atoms with Crippen LogP contribution in [-0.4, -0.2) is 37.9 Å². The highest BCUT2D eigenvalue weighted by atomic mass is 16.6. The third kappa shape index (κ3) is 3.10. The van der Waals surface area contributed by atoms with Crippen molar-refractivity contribution in [1.82, 2.24) is 19.1 Å². The predicted molar refractivity (Wildman–Crippen MR) is 91.3 cm³/mol. The quantitative estimate of drug-likeness (QED) is 0.710. The van der Waals surface area contributed by atoms with Gasteiger partial charge >= 0.3 is 17.8 Å². The van der Waals surface area contributed by atoms with Crippen LogP contribution in [0.25, 0.3) is 16.7 Å². The molecule has 0 bridgehead atoms. The van der Waals surface area contributed by atoms with Gasteiger partial charge in [-0.25, -0.2) is 19.6 Å². The van der Waals surface area contributed by atoms with E-state index in [-0.39, 0.29) is 6.01 Å². The van der Waals surface area contributed by atoms with Crippen molar-refractivity contribution >= 4 is 17.1 Å². The molecule has 0 N–H and O–H groups in total. The number of benzene rings is 1. The molecule has 3 rings (SSSR count). The van der Waals surface area contributed by atoms with E-state index in [0.717, 1.165) is 4.57 Å². The summed E-state index contributed by atoms with van der Waals surface area (Å²) in [5, 5.41) is 0. The lowest BCUT2D eigenvalue weighted by Gasteiger charge is -2.19. The summed E-state index contributed by atoms with van der Waals surface area (Å²) in [5.74, 6) is 0. The Hall–Kier alpha value is -3.16. The molecule has 8 heteroatoms. The summed E-state index contributed by atoms with van der Waals surface area (Å²) in [4.78, 5) is 33.5. The Kier molecular flexibility index (Phi) is 4.03. The van der Waals surface area contributed by atoms with E-state index in [2.05, 4.69) is 9.97 Å². The standard InChI is InChI=1S/C17H18N4O4/c1-17(2,3)25-16(23)21-13-8-6-5-7-12(13)20(15(21)22)11-9-18-14(24-4)19-10-11/h5-10H,1-4H3.